The maximum Gasteiger partial charge on any atom is 0.287 e. The number of sulfonamides is 1. The van der Waals surface area contributed by atoms with Crippen LogP contribution in [0, 0.1) is 11.3 Å². The lowest BCUT2D eigenvalue weighted by molar-refractivity contribution is -0.928. The Hall–Kier alpha value is -3.16. The number of hydrogen-bond donors (Lipinski definition) is 5. The summed E-state index contributed by atoms with van der Waals surface area (Å²) in [6.07, 6.45) is 0.161. The normalized spacial score (nSPS) is 19.8. The lowest BCUT2D eigenvalue weighted by Crippen LogP contribution is -2.50. The third-order valence-corrected chi connectivity index (χ3v) is 9.55. The molecule has 1 atom stereocenters. The number of nitrogens with one attached hydrogen (secondary N) is 3. The Morgan fingerprint density at radius 1 is 0.977 bits per heavy atom. The molecule has 0 saturated carbocycles. The first-order valence-corrected chi connectivity index (χ1v) is 16.1. The van der Waals surface area contributed by atoms with E-state index in [1.807, 2.05) is 6.07 Å². The van der Waals surface area contributed by atoms with Crippen LogP contribution in [0.5, 0.6) is 0 Å². The highest BCUT2D eigenvalue weighted by Gasteiger charge is 2.33. The standard InChI is InChI=1S/C31H44N4O7S/c1-31(2,22-36)28(38)30(40)32-16-13-27(37)29(39)33-19-23-9-11-26(12-10-23)43(41,42)34-20-24-14-17-35(3,18-15-24)21-25-7-5-4-6-8-25/h4-12,24,28,34,36,38H,13-22H2,1-3H3,(H-,32,33,39,40)/p+1. The van der Waals surface area contributed by atoms with Gasteiger partial charge in [0.25, 0.3) is 5.91 Å². The van der Waals surface area contributed by atoms with E-state index >= 15 is 0 Å². The van der Waals surface area contributed by atoms with Crippen molar-refractivity contribution in [2.45, 2.75) is 57.2 Å². The van der Waals surface area contributed by atoms with E-state index in [1.54, 1.807) is 12.1 Å². The number of piperidine rings is 1. The molecule has 1 saturated heterocycles. The van der Waals surface area contributed by atoms with Crippen LogP contribution in [-0.4, -0.2) is 86.6 Å². The Morgan fingerprint density at radius 2 is 1.60 bits per heavy atom. The van der Waals surface area contributed by atoms with Crippen LogP contribution in [0.4, 0.5) is 0 Å². The second kappa shape index (κ2) is 15.0. The van der Waals surface area contributed by atoms with Crippen molar-refractivity contribution in [2.24, 2.45) is 11.3 Å². The fourth-order valence-corrected chi connectivity index (χ4v) is 6.08. The predicted molar refractivity (Wildman–Crippen MR) is 162 cm³/mol. The number of aliphatic hydroxyl groups excluding tert-OH is 2. The molecule has 0 aromatic heterocycles. The Morgan fingerprint density at radius 3 is 2.21 bits per heavy atom. The van der Waals surface area contributed by atoms with Gasteiger partial charge in [-0.25, -0.2) is 13.1 Å². The molecule has 1 aliphatic rings. The molecule has 11 nitrogen and oxygen atoms in total. The van der Waals surface area contributed by atoms with Crippen LogP contribution in [0.25, 0.3) is 0 Å². The number of amides is 2. The number of nitrogens with zero attached hydrogens (tertiary/aromatic N) is 1. The number of quaternary nitrogens is 1. The quantitative estimate of drug-likeness (QED) is 0.148. The first kappa shape index (κ1) is 34.3. The molecule has 1 heterocycles. The number of aliphatic hydroxyl groups is 2. The maximum absolute atomic E-state index is 12.9. The monoisotopic (exact) mass is 617 g/mol. The smallest absolute Gasteiger partial charge is 0.287 e. The van der Waals surface area contributed by atoms with Gasteiger partial charge in [0.05, 0.1) is 31.6 Å². The van der Waals surface area contributed by atoms with Gasteiger partial charge in [-0.15, -0.1) is 0 Å². The fraction of sp³-hybridized carbons (Fsp3) is 0.516. The van der Waals surface area contributed by atoms with E-state index in [-0.39, 0.29) is 30.3 Å². The number of ketones is 1. The third-order valence-electron chi connectivity index (χ3n) is 8.11. The summed E-state index contributed by atoms with van der Waals surface area (Å²) in [7, 11) is -1.44. The molecule has 3 rings (SSSR count). The molecule has 0 bridgehead atoms. The molecule has 5 N–H and O–H groups in total. The van der Waals surface area contributed by atoms with Crippen molar-refractivity contribution in [2.75, 3.05) is 39.8 Å². The lowest BCUT2D eigenvalue weighted by Gasteiger charge is -2.40. The van der Waals surface area contributed by atoms with E-state index in [2.05, 4.69) is 46.7 Å². The van der Waals surface area contributed by atoms with Crippen molar-refractivity contribution >= 4 is 27.6 Å². The zero-order valence-electron chi connectivity index (χ0n) is 25.2. The van der Waals surface area contributed by atoms with Crippen LogP contribution in [0.3, 0.4) is 0 Å². The second-order valence-corrected chi connectivity index (χ2v) is 14.1. The number of hydrogen-bond acceptors (Lipinski definition) is 7. The first-order valence-electron chi connectivity index (χ1n) is 14.6. The number of carbonyl (C=O) groups excluding carboxylic acids is 3. The van der Waals surface area contributed by atoms with Crippen molar-refractivity contribution in [3.8, 4) is 0 Å². The predicted octanol–water partition coefficient (Wildman–Crippen LogP) is 1.09. The number of Topliss-reactive ketones (excluding diaryl/α,β-unsaturated/α-hetero) is 1. The molecule has 2 aromatic rings. The van der Waals surface area contributed by atoms with Gasteiger partial charge in [-0.2, -0.15) is 0 Å². The minimum atomic E-state index is -3.70. The molecule has 236 valence electrons. The highest BCUT2D eigenvalue weighted by molar-refractivity contribution is 7.89. The minimum absolute atomic E-state index is 0.0240. The maximum atomic E-state index is 12.9. The Bertz CT molecular complexity index is 1340. The van der Waals surface area contributed by atoms with Crippen molar-refractivity contribution < 1.29 is 37.5 Å². The third kappa shape index (κ3) is 10.2. The van der Waals surface area contributed by atoms with Crippen LogP contribution < -0.4 is 15.4 Å². The van der Waals surface area contributed by atoms with Gasteiger partial charge in [-0.3, -0.25) is 14.4 Å². The summed E-state index contributed by atoms with van der Waals surface area (Å²) < 4.78 is 29.5. The van der Waals surface area contributed by atoms with Gasteiger partial charge in [0.15, 0.2) is 0 Å². The van der Waals surface area contributed by atoms with Gasteiger partial charge in [0, 0.05) is 49.9 Å². The van der Waals surface area contributed by atoms with Crippen molar-refractivity contribution in [3.63, 3.8) is 0 Å². The number of benzene rings is 2. The highest BCUT2D eigenvalue weighted by atomic mass is 32.2. The van der Waals surface area contributed by atoms with E-state index in [4.69, 9.17) is 0 Å². The topological polar surface area (TPSA) is 162 Å². The van der Waals surface area contributed by atoms with E-state index in [0.29, 0.717) is 12.1 Å². The molecule has 12 heteroatoms. The summed E-state index contributed by atoms with van der Waals surface area (Å²) in [6, 6.07) is 16.5. The highest BCUT2D eigenvalue weighted by Crippen LogP contribution is 2.25. The van der Waals surface area contributed by atoms with Crippen LogP contribution in [-0.2, 0) is 37.5 Å². The van der Waals surface area contributed by atoms with Crippen molar-refractivity contribution in [3.05, 3.63) is 65.7 Å². The number of carbonyl (C=O) groups is 3. The second-order valence-electron chi connectivity index (χ2n) is 12.3. The van der Waals surface area contributed by atoms with Crippen LogP contribution in [0.1, 0.15) is 44.2 Å². The van der Waals surface area contributed by atoms with Gasteiger partial charge in [-0.1, -0.05) is 56.3 Å². The largest absolute Gasteiger partial charge is 0.396 e. The summed E-state index contributed by atoms with van der Waals surface area (Å²) in [4.78, 5) is 36.4. The molecule has 43 heavy (non-hydrogen) atoms. The van der Waals surface area contributed by atoms with Gasteiger partial charge >= 0.3 is 0 Å². The molecule has 2 amide bonds. The average Bonchev–Trinajstić information content (AvgIpc) is 2.99. The SMILES string of the molecule is CC(C)(CO)C(O)C(=O)NCCC(=O)C(=O)NCc1ccc(S(=O)(=O)NCC2CC[N+](C)(Cc3ccccc3)CC2)cc1. The summed E-state index contributed by atoms with van der Waals surface area (Å²) in [5.41, 5.74) is 0.878. The summed E-state index contributed by atoms with van der Waals surface area (Å²) in [5.74, 6) is -2.05. The Labute approximate surface area is 254 Å². The zero-order valence-corrected chi connectivity index (χ0v) is 26.0. The molecule has 0 aliphatic carbocycles. The molecular formula is C31H45N4O7S+. The molecule has 0 radical (unpaired) electrons. The van der Waals surface area contributed by atoms with Crippen molar-refractivity contribution in [1.29, 1.82) is 0 Å². The summed E-state index contributed by atoms with van der Waals surface area (Å²) in [6.45, 7) is 5.85. The molecule has 0 spiro atoms. The van der Waals surface area contributed by atoms with E-state index < -0.39 is 45.7 Å². The van der Waals surface area contributed by atoms with Crippen LogP contribution >= 0.6 is 0 Å². The lowest BCUT2D eigenvalue weighted by atomic mass is 9.87. The van der Waals surface area contributed by atoms with Gasteiger partial charge in [0.2, 0.25) is 21.7 Å². The van der Waals surface area contributed by atoms with E-state index in [0.717, 1.165) is 37.0 Å². The van der Waals surface area contributed by atoms with Gasteiger partial charge < -0.3 is 25.3 Å². The number of likely N-dealkylation sites (tertiary alicyclic amines) is 1. The molecule has 1 aliphatic heterocycles. The molecule has 1 fully saturated rings. The molecule has 1 unspecified atom stereocenters. The van der Waals surface area contributed by atoms with Gasteiger partial charge in [0.1, 0.15) is 12.6 Å². The fourth-order valence-electron chi connectivity index (χ4n) is 4.96. The van der Waals surface area contributed by atoms with Crippen LogP contribution in [0.2, 0.25) is 0 Å². The average molecular weight is 618 g/mol. The first-order chi connectivity index (χ1) is 20.2. The minimum Gasteiger partial charge on any atom is -0.396 e. The summed E-state index contributed by atoms with van der Waals surface area (Å²) in [5, 5.41) is 24.1. The summed E-state index contributed by atoms with van der Waals surface area (Å²) >= 11 is 0. The van der Waals surface area contributed by atoms with Gasteiger partial charge in [-0.05, 0) is 23.6 Å². The van der Waals surface area contributed by atoms with E-state index in [1.165, 1.54) is 31.5 Å². The molecular weight excluding hydrogens is 572 g/mol. The van der Waals surface area contributed by atoms with Crippen molar-refractivity contribution in [1.82, 2.24) is 15.4 Å². The zero-order chi connectivity index (χ0) is 31.7. The molecule has 2 aromatic carbocycles. The number of rotatable bonds is 15. The van der Waals surface area contributed by atoms with E-state index in [9.17, 15) is 33.0 Å². The Balaban J connectivity index is 1.39. The van der Waals surface area contributed by atoms with Crippen LogP contribution in [0.15, 0.2) is 59.5 Å². The Kier molecular flexibility index (Phi) is 12.0.